The molecule has 0 saturated carbocycles. The molecule has 0 radical (unpaired) electrons. The van der Waals surface area contributed by atoms with Crippen molar-refractivity contribution in [3.05, 3.63) is 35.4 Å². The number of rotatable bonds is 5. The van der Waals surface area contributed by atoms with E-state index in [0.29, 0.717) is 25.2 Å². The van der Waals surface area contributed by atoms with Crippen molar-refractivity contribution in [1.29, 1.82) is 5.26 Å². The predicted octanol–water partition coefficient (Wildman–Crippen LogP) is 0.242. The Labute approximate surface area is 131 Å². The van der Waals surface area contributed by atoms with Crippen molar-refractivity contribution in [2.24, 2.45) is 5.92 Å². The number of nitrogens with zero attached hydrogens (tertiary/aromatic N) is 3. The van der Waals surface area contributed by atoms with Crippen molar-refractivity contribution >= 4 is 10.0 Å². The Morgan fingerprint density at radius 1 is 1.36 bits per heavy atom. The van der Waals surface area contributed by atoms with Gasteiger partial charge in [-0.15, -0.1) is 0 Å². The molecule has 1 fully saturated rings. The quantitative estimate of drug-likeness (QED) is 0.839. The van der Waals surface area contributed by atoms with Crippen LogP contribution in [0.3, 0.4) is 0 Å². The molecule has 1 saturated heterocycles. The van der Waals surface area contributed by atoms with Gasteiger partial charge in [-0.25, -0.2) is 12.7 Å². The molecule has 120 valence electrons. The molecule has 0 aliphatic carbocycles. The molecule has 0 amide bonds. The lowest BCUT2D eigenvalue weighted by Gasteiger charge is -2.18. The van der Waals surface area contributed by atoms with Crippen LogP contribution in [0.4, 0.5) is 0 Å². The number of likely N-dealkylation sites (tertiary alicyclic amines) is 1. The second-order valence-corrected chi connectivity index (χ2v) is 8.08. The van der Waals surface area contributed by atoms with Gasteiger partial charge < -0.3 is 5.11 Å². The number of aliphatic hydroxyl groups excluding tert-OH is 1. The number of benzene rings is 1. The van der Waals surface area contributed by atoms with Crippen molar-refractivity contribution in [2.45, 2.75) is 12.6 Å². The highest BCUT2D eigenvalue weighted by molar-refractivity contribution is 7.89. The zero-order chi connectivity index (χ0) is 16.3. The Balaban J connectivity index is 2.04. The fraction of sp³-hybridized carbons (Fsp3) is 0.533. The molecule has 1 N–H and O–H groups in total. The summed E-state index contributed by atoms with van der Waals surface area (Å²) in [5.41, 5.74) is 1.51. The Bertz CT molecular complexity index is 667. The Hall–Kier alpha value is -1.46. The number of aliphatic hydroxyl groups is 1. The molecule has 2 atom stereocenters. The number of nitriles is 1. The first-order chi connectivity index (χ1) is 10.3. The van der Waals surface area contributed by atoms with E-state index >= 15 is 0 Å². The lowest BCUT2D eigenvalue weighted by Crippen LogP contribution is -2.33. The van der Waals surface area contributed by atoms with Crippen LogP contribution in [0, 0.1) is 17.2 Å². The molecular formula is C15H21N3O3S. The van der Waals surface area contributed by atoms with Crippen LogP contribution in [-0.2, 0) is 16.6 Å². The number of β-amino-alcohol motifs (C(OH)–C–C–N with tert-alkyl or cyclic N) is 1. The average Bonchev–Trinajstić information content (AvgIpc) is 2.78. The van der Waals surface area contributed by atoms with Gasteiger partial charge in [0.25, 0.3) is 0 Å². The van der Waals surface area contributed by atoms with E-state index in [9.17, 15) is 13.5 Å². The Kier molecular flexibility index (Phi) is 5.19. The predicted molar refractivity (Wildman–Crippen MR) is 83.4 cm³/mol. The van der Waals surface area contributed by atoms with Gasteiger partial charge in [0.15, 0.2) is 0 Å². The van der Waals surface area contributed by atoms with Gasteiger partial charge in [0.1, 0.15) is 0 Å². The van der Waals surface area contributed by atoms with Crippen LogP contribution < -0.4 is 0 Å². The third kappa shape index (κ3) is 3.84. The average molecular weight is 323 g/mol. The van der Waals surface area contributed by atoms with Crippen molar-refractivity contribution in [3.63, 3.8) is 0 Å². The lowest BCUT2D eigenvalue weighted by atomic mass is 10.1. The zero-order valence-electron chi connectivity index (χ0n) is 12.8. The molecule has 1 aliphatic heterocycles. The highest BCUT2D eigenvalue weighted by Gasteiger charge is 2.35. The second kappa shape index (κ2) is 6.75. The minimum atomic E-state index is -3.33. The SMILES string of the molecule is CN(C)S(=O)(=O)C[C@@H]1CN(Cc2ccccc2C#N)C[C@H]1O. The molecular weight excluding hydrogens is 302 g/mol. The van der Waals surface area contributed by atoms with Crippen LogP contribution >= 0.6 is 0 Å². The van der Waals surface area contributed by atoms with Gasteiger partial charge in [-0.3, -0.25) is 4.90 Å². The molecule has 0 aromatic heterocycles. The van der Waals surface area contributed by atoms with Gasteiger partial charge in [-0.05, 0) is 11.6 Å². The maximum Gasteiger partial charge on any atom is 0.214 e. The van der Waals surface area contributed by atoms with E-state index < -0.39 is 16.1 Å². The first-order valence-corrected chi connectivity index (χ1v) is 8.73. The van der Waals surface area contributed by atoms with Gasteiger partial charge >= 0.3 is 0 Å². The summed E-state index contributed by atoms with van der Waals surface area (Å²) in [6.45, 7) is 1.47. The molecule has 6 nitrogen and oxygen atoms in total. The van der Waals surface area contributed by atoms with Crippen molar-refractivity contribution in [2.75, 3.05) is 32.9 Å². The summed E-state index contributed by atoms with van der Waals surface area (Å²) in [4.78, 5) is 2.00. The summed E-state index contributed by atoms with van der Waals surface area (Å²) in [6, 6.07) is 9.48. The van der Waals surface area contributed by atoms with E-state index in [1.54, 1.807) is 6.07 Å². The van der Waals surface area contributed by atoms with Crippen LogP contribution in [0.2, 0.25) is 0 Å². The molecule has 22 heavy (non-hydrogen) atoms. The third-order valence-electron chi connectivity index (χ3n) is 3.99. The fourth-order valence-electron chi connectivity index (χ4n) is 2.66. The summed E-state index contributed by atoms with van der Waals surface area (Å²) in [5.74, 6) is -0.362. The summed E-state index contributed by atoms with van der Waals surface area (Å²) in [5, 5.41) is 19.2. The first-order valence-electron chi connectivity index (χ1n) is 7.12. The lowest BCUT2D eigenvalue weighted by molar-refractivity contribution is 0.148. The van der Waals surface area contributed by atoms with E-state index in [4.69, 9.17) is 5.26 Å². The van der Waals surface area contributed by atoms with Crippen LogP contribution in [-0.4, -0.2) is 61.8 Å². The molecule has 1 heterocycles. The Morgan fingerprint density at radius 2 is 2.05 bits per heavy atom. The third-order valence-corrected chi connectivity index (χ3v) is 5.96. The largest absolute Gasteiger partial charge is 0.391 e. The second-order valence-electron chi connectivity index (χ2n) is 5.85. The van der Waals surface area contributed by atoms with E-state index in [0.717, 1.165) is 5.56 Å². The normalized spacial score (nSPS) is 22.9. The first kappa shape index (κ1) is 16.9. The molecule has 0 bridgehead atoms. The highest BCUT2D eigenvalue weighted by atomic mass is 32.2. The summed E-state index contributed by atoms with van der Waals surface area (Å²) < 4.78 is 25.1. The van der Waals surface area contributed by atoms with Gasteiger partial charge in [-0.2, -0.15) is 5.26 Å². The number of sulfonamides is 1. The summed E-state index contributed by atoms with van der Waals surface area (Å²) >= 11 is 0. The van der Waals surface area contributed by atoms with Gasteiger partial charge in [0, 0.05) is 39.6 Å². The molecule has 2 rings (SSSR count). The monoisotopic (exact) mass is 323 g/mol. The van der Waals surface area contributed by atoms with Gasteiger partial charge in [0.05, 0.1) is 23.5 Å². The fourth-order valence-corrected chi connectivity index (χ4v) is 3.83. The van der Waals surface area contributed by atoms with E-state index in [1.165, 1.54) is 18.4 Å². The minimum Gasteiger partial charge on any atom is -0.391 e. The molecule has 0 unspecified atom stereocenters. The Morgan fingerprint density at radius 3 is 2.68 bits per heavy atom. The maximum absolute atomic E-state index is 12.0. The number of hydrogen-bond acceptors (Lipinski definition) is 5. The topological polar surface area (TPSA) is 84.6 Å². The highest BCUT2D eigenvalue weighted by Crippen LogP contribution is 2.22. The standard InChI is InChI=1S/C15H21N3O3S/c1-17(2)22(20,21)11-14-9-18(10-15(14)19)8-13-6-4-3-5-12(13)7-16/h3-6,14-15,19H,8-11H2,1-2H3/t14-,15+/m0/s1. The van der Waals surface area contributed by atoms with E-state index in [2.05, 4.69) is 6.07 Å². The van der Waals surface area contributed by atoms with E-state index in [1.807, 2.05) is 23.1 Å². The molecule has 1 aromatic carbocycles. The molecule has 1 aliphatic rings. The maximum atomic E-state index is 12.0. The number of hydrogen-bond donors (Lipinski definition) is 1. The van der Waals surface area contributed by atoms with Gasteiger partial charge in [-0.1, -0.05) is 18.2 Å². The smallest absolute Gasteiger partial charge is 0.214 e. The zero-order valence-corrected chi connectivity index (χ0v) is 13.6. The van der Waals surface area contributed by atoms with Crippen LogP contribution in [0.25, 0.3) is 0 Å². The molecule has 1 aromatic rings. The molecule has 0 spiro atoms. The minimum absolute atomic E-state index is 0.0580. The molecule has 7 heteroatoms. The van der Waals surface area contributed by atoms with Crippen molar-refractivity contribution < 1.29 is 13.5 Å². The van der Waals surface area contributed by atoms with Crippen molar-refractivity contribution in [3.8, 4) is 6.07 Å². The van der Waals surface area contributed by atoms with E-state index in [-0.39, 0.29) is 11.7 Å². The summed E-state index contributed by atoms with van der Waals surface area (Å²) in [7, 11) is -0.334. The van der Waals surface area contributed by atoms with Crippen LogP contribution in [0.5, 0.6) is 0 Å². The van der Waals surface area contributed by atoms with Crippen LogP contribution in [0.15, 0.2) is 24.3 Å². The van der Waals surface area contributed by atoms with Crippen LogP contribution in [0.1, 0.15) is 11.1 Å². The van der Waals surface area contributed by atoms with Crippen molar-refractivity contribution in [1.82, 2.24) is 9.21 Å². The van der Waals surface area contributed by atoms with Gasteiger partial charge in [0.2, 0.25) is 10.0 Å². The summed E-state index contributed by atoms with van der Waals surface area (Å²) in [6.07, 6.45) is -0.663.